The van der Waals surface area contributed by atoms with E-state index in [9.17, 15) is 4.79 Å². The maximum absolute atomic E-state index is 11.7. The molecule has 15 heavy (non-hydrogen) atoms. The number of halogens is 1. The van der Waals surface area contributed by atoms with Gasteiger partial charge in [0, 0.05) is 12.2 Å². The molecule has 1 rings (SSSR count). The van der Waals surface area contributed by atoms with Crippen LogP contribution < -0.4 is 5.32 Å². The molecule has 0 radical (unpaired) electrons. The van der Waals surface area contributed by atoms with E-state index in [0.29, 0.717) is 10.7 Å². The van der Waals surface area contributed by atoms with E-state index in [2.05, 4.69) is 11.2 Å². The molecule has 0 unspecified atom stereocenters. The van der Waals surface area contributed by atoms with Gasteiger partial charge in [-0.1, -0.05) is 17.5 Å². The summed E-state index contributed by atoms with van der Waals surface area (Å²) in [5, 5.41) is 3.15. The Labute approximate surface area is 94.4 Å². The number of aromatic nitrogens is 1. The van der Waals surface area contributed by atoms with Crippen LogP contribution >= 0.6 is 11.6 Å². The third kappa shape index (κ3) is 2.77. The number of carbonyl (C=O) groups excluding carboxylic acids is 1. The zero-order valence-electron chi connectivity index (χ0n) is 8.75. The van der Waals surface area contributed by atoms with E-state index in [1.165, 1.54) is 0 Å². The lowest BCUT2D eigenvalue weighted by atomic mass is 10.3. The summed E-state index contributed by atoms with van der Waals surface area (Å²) in [7, 11) is 0. The molecule has 1 aromatic rings. The molecule has 0 aliphatic rings. The number of hydrogen-bond donors (Lipinski definition) is 1. The lowest BCUT2D eigenvalue weighted by molar-refractivity contribution is 0.0948. The van der Waals surface area contributed by atoms with Gasteiger partial charge < -0.3 is 9.88 Å². The number of nitrogens with one attached hydrogen (secondary N) is 1. The van der Waals surface area contributed by atoms with E-state index in [1.807, 2.05) is 18.4 Å². The third-order valence-corrected chi connectivity index (χ3v) is 2.16. The fourth-order valence-electron chi connectivity index (χ4n) is 1.28. The molecule has 0 spiro atoms. The minimum atomic E-state index is -0.200. The molecule has 80 valence electrons. The molecule has 1 aromatic heterocycles. The topological polar surface area (TPSA) is 34.0 Å². The Kier molecular flexibility index (Phi) is 3.81. The molecule has 3 nitrogen and oxygen atoms in total. The summed E-state index contributed by atoms with van der Waals surface area (Å²) in [4.78, 5) is 11.7. The maximum atomic E-state index is 11.7. The van der Waals surface area contributed by atoms with Crippen LogP contribution in [0.5, 0.6) is 0 Å². The van der Waals surface area contributed by atoms with Gasteiger partial charge in [0.2, 0.25) is 0 Å². The SMILES string of the molecule is C#CCNC(=O)c1cc(Cl)cn1C(C)C. The van der Waals surface area contributed by atoms with Gasteiger partial charge >= 0.3 is 0 Å². The second kappa shape index (κ2) is 4.90. The lowest BCUT2D eigenvalue weighted by Crippen LogP contribution is -2.26. The first-order valence-electron chi connectivity index (χ1n) is 4.65. The van der Waals surface area contributed by atoms with Crippen molar-refractivity contribution in [2.45, 2.75) is 19.9 Å². The van der Waals surface area contributed by atoms with Crippen LogP contribution in [-0.2, 0) is 0 Å². The fourth-order valence-corrected chi connectivity index (χ4v) is 1.49. The zero-order valence-corrected chi connectivity index (χ0v) is 9.51. The second-order valence-corrected chi connectivity index (χ2v) is 3.87. The average molecular weight is 225 g/mol. The van der Waals surface area contributed by atoms with E-state index < -0.39 is 0 Å². The van der Waals surface area contributed by atoms with Crippen LogP contribution in [-0.4, -0.2) is 17.0 Å². The molecule has 4 heteroatoms. The van der Waals surface area contributed by atoms with E-state index in [0.717, 1.165) is 0 Å². The van der Waals surface area contributed by atoms with E-state index in [4.69, 9.17) is 18.0 Å². The Bertz CT molecular complexity index is 401. The van der Waals surface area contributed by atoms with Crippen LogP contribution in [0.3, 0.4) is 0 Å². The van der Waals surface area contributed by atoms with Gasteiger partial charge in [0.25, 0.3) is 5.91 Å². The van der Waals surface area contributed by atoms with Crippen molar-refractivity contribution < 1.29 is 4.79 Å². The fraction of sp³-hybridized carbons (Fsp3) is 0.364. The molecule has 0 saturated heterocycles. The molecule has 0 fully saturated rings. The standard InChI is InChI=1S/C11H13ClN2O/c1-4-5-13-11(15)10-6-9(12)7-14(10)8(2)3/h1,6-8H,5H2,2-3H3,(H,13,15). The van der Waals surface area contributed by atoms with Gasteiger partial charge in [-0.15, -0.1) is 6.42 Å². The number of rotatable bonds is 3. The van der Waals surface area contributed by atoms with Crippen LogP contribution in [0.15, 0.2) is 12.3 Å². The van der Waals surface area contributed by atoms with Crippen LogP contribution in [0.4, 0.5) is 0 Å². The number of hydrogen-bond acceptors (Lipinski definition) is 1. The van der Waals surface area contributed by atoms with Crippen molar-refractivity contribution in [1.29, 1.82) is 0 Å². The van der Waals surface area contributed by atoms with E-state index >= 15 is 0 Å². The Morgan fingerprint density at radius 1 is 1.73 bits per heavy atom. The molecule has 0 atom stereocenters. The van der Waals surface area contributed by atoms with Gasteiger partial charge in [-0.3, -0.25) is 4.79 Å². The minimum Gasteiger partial charge on any atom is -0.340 e. The molecule has 1 heterocycles. The average Bonchev–Trinajstić information content (AvgIpc) is 2.57. The summed E-state index contributed by atoms with van der Waals surface area (Å²) in [6, 6.07) is 1.82. The quantitative estimate of drug-likeness (QED) is 0.784. The molecule has 0 aromatic carbocycles. The second-order valence-electron chi connectivity index (χ2n) is 3.43. The predicted octanol–water partition coefficient (Wildman–Crippen LogP) is 2.09. The summed E-state index contributed by atoms with van der Waals surface area (Å²) >= 11 is 5.85. The van der Waals surface area contributed by atoms with Crippen LogP contribution in [0.1, 0.15) is 30.4 Å². The summed E-state index contributed by atoms with van der Waals surface area (Å²) in [6.07, 6.45) is 6.79. The molecule has 0 bridgehead atoms. The Hall–Kier alpha value is -1.40. The van der Waals surface area contributed by atoms with Crippen molar-refractivity contribution in [2.24, 2.45) is 0 Å². The summed E-state index contributed by atoms with van der Waals surface area (Å²) in [5.41, 5.74) is 0.533. The molecule has 0 aliphatic heterocycles. The van der Waals surface area contributed by atoms with Crippen molar-refractivity contribution in [3.63, 3.8) is 0 Å². The highest BCUT2D eigenvalue weighted by atomic mass is 35.5. The predicted molar refractivity (Wildman–Crippen MR) is 61.0 cm³/mol. The molecule has 0 aliphatic carbocycles. The lowest BCUT2D eigenvalue weighted by Gasteiger charge is -2.11. The van der Waals surface area contributed by atoms with Gasteiger partial charge in [-0.2, -0.15) is 0 Å². The van der Waals surface area contributed by atoms with Crippen LogP contribution in [0.25, 0.3) is 0 Å². The monoisotopic (exact) mass is 224 g/mol. The van der Waals surface area contributed by atoms with E-state index in [1.54, 1.807) is 12.3 Å². The first-order valence-corrected chi connectivity index (χ1v) is 5.03. The van der Waals surface area contributed by atoms with Gasteiger partial charge in [0.1, 0.15) is 5.69 Å². The smallest absolute Gasteiger partial charge is 0.268 e. The first kappa shape index (κ1) is 11.7. The maximum Gasteiger partial charge on any atom is 0.268 e. The summed E-state index contributed by atoms with van der Waals surface area (Å²) in [5.74, 6) is 2.15. The third-order valence-electron chi connectivity index (χ3n) is 1.96. The van der Waals surface area contributed by atoms with Gasteiger partial charge in [-0.25, -0.2) is 0 Å². The first-order chi connectivity index (χ1) is 7.06. The summed E-state index contributed by atoms with van der Waals surface area (Å²) in [6.45, 7) is 4.18. The van der Waals surface area contributed by atoms with Crippen molar-refractivity contribution >= 4 is 17.5 Å². The zero-order chi connectivity index (χ0) is 11.4. The molecular weight excluding hydrogens is 212 g/mol. The van der Waals surface area contributed by atoms with Gasteiger partial charge in [0.05, 0.1) is 11.6 Å². The van der Waals surface area contributed by atoms with E-state index in [-0.39, 0.29) is 18.5 Å². The van der Waals surface area contributed by atoms with Crippen LogP contribution in [0, 0.1) is 12.3 Å². The van der Waals surface area contributed by atoms with Crippen molar-refractivity contribution in [3.05, 3.63) is 23.0 Å². The highest BCUT2D eigenvalue weighted by Gasteiger charge is 2.13. The highest BCUT2D eigenvalue weighted by molar-refractivity contribution is 6.31. The Morgan fingerprint density at radius 3 is 2.93 bits per heavy atom. The molecule has 0 saturated carbocycles. The molecular formula is C11H13ClN2O. The normalized spacial score (nSPS) is 10.1. The summed E-state index contributed by atoms with van der Waals surface area (Å²) < 4.78 is 1.81. The van der Waals surface area contributed by atoms with Crippen LogP contribution in [0.2, 0.25) is 5.02 Å². The highest BCUT2D eigenvalue weighted by Crippen LogP contribution is 2.18. The van der Waals surface area contributed by atoms with Crippen molar-refractivity contribution in [1.82, 2.24) is 9.88 Å². The Balaban J connectivity index is 2.93. The number of terminal acetylenes is 1. The van der Waals surface area contributed by atoms with Crippen molar-refractivity contribution in [2.75, 3.05) is 6.54 Å². The number of amides is 1. The van der Waals surface area contributed by atoms with Gasteiger partial charge in [0.15, 0.2) is 0 Å². The van der Waals surface area contributed by atoms with Gasteiger partial charge in [-0.05, 0) is 19.9 Å². The minimum absolute atomic E-state index is 0.184. The number of carbonyl (C=O) groups is 1. The largest absolute Gasteiger partial charge is 0.340 e. The number of nitrogens with zero attached hydrogens (tertiary/aromatic N) is 1. The Morgan fingerprint density at radius 2 is 2.40 bits per heavy atom. The molecule has 1 N–H and O–H groups in total. The van der Waals surface area contributed by atoms with Crippen molar-refractivity contribution in [3.8, 4) is 12.3 Å². The molecule has 1 amide bonds.